The number of hydroxylamine groups is 1. The predicted molar refractivity (Wildman–Crippen MR) is 44.0 cm³/mol. The molecule has 2 nitrogen and oxygen atoms in total. The molecule has 1 saturated carbocycles. The highest BCUT2D eigenvalue weighted by Crippen LogP contribution is 2.43. The van der Waals surface area contributed by atoms with Crippen LogP contribution in [-0.4, -0.2) is 11.6 Å². The number of nitrogens with one attached hydrogen (secondary N) is 1. The zero-order valence-electron chi connectivity index (χ0n) is 7.55. The van der Waals surface area contributed by atoms with Crippen LogP contribution in [0, 0.1) is 11.8 Å². The Morgan fingerprint density at radius 3 is 2.73 bits per heavy atom. The minimum atomic E-state index is 0.0649. The summed E-state index contributed by atoms with van der Waals surface area (Å²) in [5.41, 5.74) is 3.22. The largest absolute Gasteiger partial charge is 0.295 e. The van der Waals surface area contributed by atoms with Gasteiger partial charge in [0.05, 0.1) is 5.60 Å². The second-order valence-electron chi connectivity index (χ2n) is 4.51. The maximum Gasteiger partial charge on any atom is 0.0884 e. The summed E-state index contributed by atoms with van der Waals surface area (Å²) in [6.45, 7) is 6.67. The lowest BCUT2D eigenvalue weighted by molar-refractivity contribution is -0.0502. The van der Waals surface area contributed by atoms with E-state index < -0.39 is 0 Å². The minimum Gasteiger partial charge on any atom is -0.295 e. The van der Waals surface area contributed by atoms with Crippen molar-refractivity contribution in [2.24, 2.45) is 11.8 Å². The van der Waals surface area contributed by atoms with Gasteiger partial charge in [0, 0.05) is 12.0 Å². The Bertz CT molecular complexity index is 167. The Balaban J connectivity index is 2.17. The lowest BCUT2D eigenvalue weighted by atomic mass is 9.87. The second-order valence-corrected chi connectivity index (χ2v) is 4.51. The first-order valence-electron chi connectivity index (χ1n) is 4.55. The lowest BCUT2D eigenvalue weighted by Gasteiger charge is -2.22. The Labute approximate surface area is 68.3 Å². The second kappa shape index (κ2) is 2.20. The van der Waals surface area contributed by atoms with Crippen molar-refractivity contribution in [1.29, 1.82) is 0 Å². The molecule has 1 aliphatic carbocycles. The van der Waals surface area contributed by atoms with E-state index in [4.69, 9.17) is 4.84 Å². The highest BCUT2D eigenvalue weighted by molar-refractivity contribution is 4.98. The number of rotatable bonds is 0. The summed E-state index contributed by atoms with van der Waals surface area (Å²) in [6, 6.07) is 0.616. The topological polar surface area (TPSA) is 21.3 Å². The van der Waals surface area contributed by atoms with Gasteiger partial charge in [0.2, 0.25) is 0 Å². The van der Waals surface area contributed by atoms with E-state index in [0.717, 1.165) is 11.8 Å². The van der Waals surface area contributed by atoms with E-state index in [9.17, 15) is 0 Å². The fourth-order valence-corrected chi connectivity index (χ4v) is 2.47. The smallest absolute Gasteiger partial charge is 0.0884 e. The number of hydrogen-bond donors (Lipinski definition) is 1. The Hall–Kier alpha value is -0.0800. The Morgan fingerprint density at radius 2 is 2.09 bits per heavy atom. The Kier molecular flexibility index (Phi) is 1.52. The maximum absolute atomic E-state index is 5.53. The lowest BCUT2D eigenvalue weighted by Crippen LogP contribution is -2.30. The molecule has 0 spiro atoms. The quantitative estimate of drug-likeness (QED) is 0.575. The van der Waals surface area contributed by atoms with Crippen LogP contribution < -0.4 is 5.48 Å². The van der Waals surface area contributed by atoms with Gasteiger partial charge in [0.1, 0.15) is 0 Å². The molecule has 1 aliphatic heterocycles. The van der Waals surface area contributed by atoms with Crippen molar-refractivity contribution in [2.75, 3.05) is 0 Å². The van der Waals surface area contributed by atoms with E-state index >= 15 is 0 Å². The van der Waals surface area contributed by atoms with Crippen LogP contribution in [0.25, 0.3) is 0 Å². The fourth-order valence-electron chi connectivity index (χ4n) is 2.47. The van der Waals surface area contributed by atoms with E-state index in [1.807, 2.05) is 0 Å². The summed E-state index contributed by atoms with van der Waals surface area (Å²) in [5, 5.41) is 0. The van der Waals surface area contributed by atoms with Crippen molar-refractivity contribution in [3.05, 3.63) is 0 Å². The molecule has 2 rings (SSSR count). The molecule has 3 atom stereocenters. The third-order valence-corrected chi connectivity index (χ3v) is 3.33. The first kappa shape index (κ1) is 7.56. The van der Waals surface area contributed by atoms with Crippen molar-refractivity contribution in [3.63, 3.8) is 0 Å². The van der Waals surface area contributed by atoms with Crippen LogP contribution in [0.5, 0.6) is 0 Å². The molecule has 2 fully saturated rings. The van der Waals surface area contributed by atoms with E-state index in [1.54, 1.807) is 0 Å². The average Bonchev–Trinajstić information content (AvgIpc) is 2.39. The van der Waals surface area contributed by atoms with Crippen LogP contribution in [0.3, 0.4) is 0 Å². The van der Waals surface area contributed by atoms with E-state index in [-0.39, 0.29) is 5.60 Å². The fraction of sp³-hybridized carbons (Fsp3) is 1.00. The van der Waals surface area contributed by atoms with Gasteiger partial charge in [0.25, 0.3) is 0 Å². The van der Waals surface area contributed by atoms with Gasteiger partial charge in [0.15, 0.2) is 0 Å². The molecule has 1 saturated heterocycles. The normalized spacial score (nSPS) is 47.7. The van der Waals surface area contributed by atoms with Crippen molar-refractivity contribution in [2.45, 2.75) is 45.3 Å². The van der Waals surface area contributed by atoms with Gasteiger partial charge >= 0.3 is 0 Å². The molecule has 64 valence electrons. The Morgan fingerprint density at radius 1 is 1.36 bits per heavy atom. The summed E-state index contributed by atoms with van der Waals surface area (Å²) in [4.78, 5) is 5.53. The molecule has 0 unspecified atom stereocenters. The van der Waals surface area contributed by atoms with Crippen molar-refractivity contribution < 1.29 is 4.84 Å². The third kappa shape index (κ3) is 1.00. The molecule has 0 amide bonds. The molecular formula is C9H17NO. The highest BCUT2D eigenvalue weighted by Gasteiger charge is 2.48. The summed E-state index contributed by atoms with van der Waals surface area (Å²) in [5.74, 6) is 1.53. The van der Waals surface area contributed by atoms with Crippen molar-refractivity contribution in [3.8, 4) is 0 Å². The summed E-state index contributed by atoms with van der Waals surface area (Å²) in [7, 11) is 0. The molecule has 0 bridgehead atoms. The first-order valence-corrected chi connectivity index (χ1v) is 4.55. The van der Waals surface area contributed by atoms with Crippen LogP contribution >= 0.6 is 0 Å². The molecule has 0 aromatic rings. The number of hydrogen-bond acceptors (Lipinski definition) is 2. The molecule has 0 aromatic carbocycles. The van der Waals surface area contributed by atoms with Crippen molar-refractivity contribution >= 4 is 0 Å². The zero-order valence-corrected chi connectivity index (χ0v) is 7.55. The van der Waals surface area contributed by atoms with Gasteiger partial charge in [-0.25, -0.2) is 0 Å². The molecular weight excluding hydrogens is 138 g/mol. The van der Waals surface area contributed by atoms with Gasteiger partial charge in [-0.3, -0.25) is 4.84 Å². The van der Waals surface area contributed by atoms with E-state index in [1.165, 1.54) is 12.8 Å². The van der Waals surface area contributed by atoms with Crippen molar-refractivity contribution in [1.82, 2.24) is 5.48 Å². The van der Waals surface area contributed by atoms with Gasteiger partial charge in [-0.15, -0.1) is 0 Å². The summed E-state index contributed by atoms with van der Waals surface area (Å²) < 4.78 is 0. The van der Waals surface area contributed by atoms with E-state index in [0.29, 0.717) is 6.04 Å². The van der Waals surface area contributed by atoms with Crippen LogP contribution in [0.4, 0.5) is 0 Å². The first-order chi connectivity index (χ1) is 5.11. The van der Waals surface area contributed by atoms with Crippen LogP contribution in [-0.2, 0) is 4.84 Å². The minimum absolute atomic E-state index is 0.0649. The third-order valence-electron chi connectivity index (χ3n) is 3.33. The molecule has 1 heterocycles. The molecule has 0 aromatic heterocycles. The molecule has 0 radical (unpaired) electrons. The SMILES string of the molecule is C[C@H]1CC[C@H]2[C@@H]1NOC2(C)C. The van der Waals surface area contributed by atoms with Gasteiger partial charge < -0.3 is 0 Å². The summed E-state index contributed by atoms with van der Waals surface area (Å²) >= 11 is 0. The molecule has 2 heteroatoms. The van der Waals surface area contributed by atoms with Gasteiger partial charge in [-0.1, -0.05) is 6.92 Å². The zero-order chi connectivity index (χ0) is 8.06. The maximum atomic E-state index is 5.53. The molecule has 11 heavy (non-hydrogen) atoms. The van der Waals surface area contributed by atoms with Crippen LogP contribution in [0.1, 0.15) is 33.6 Å². The van der Waals surface area contributed by atoms with Crippen LogP contribution in [0.2, 0.25) is 0 Å². The average molecular weight is 155 g/mol. The molecule has 2 aliphatic rings. The summed E-state index contributed by atoms with van der Waals surface area (Å²) in [6.07, 6.45) is 2.68. The predicted octanol–water partition coefficient (Wildman–Crippen LogP) is 1.71. The number of fused-ring (bicyclic) bond motifs is 1. The molecule has 1 N–H and O–H groups in total. The van der Waals surface area contributed by atoms with Gasteiger partial charge in [-0.2, -0.15) is 5.48 Å². The monoisotopic (exact) mass is 155 g/mol. The standard InChI is InChI=1S/C9H17NO/c1-6-4-5-7-8(6)10-11-9(7,2)3/h6-8,10H,4-5H2,1-3H3/t6-,7-,8+/m0/s1. The van der Waals surface area contributed by atoms with E-state index in [2.05, 4.69) is 26.3 Å². The van der Waals surface area contributed by atoms with Crippen LogP contribution in [0.15, 0.2) is 0 Å². The van der Waals surface area contributed by atoms with Gasteiger partial charge in [-0.05, 0) is 32.6 Å². The highest BCUT2D eigenvalue weighted by atomic mass is 16.7.